The number of unbranched alkanes of at least 4 members (excludes halogenated alkanes) is 3. The van der Waals surface area contributed by atoms with Gasteiger partial charge in [-0.25, -0.2) is 0 Å². The molecule has 0 saturated carbocycles. The van der Waals surface area contributed by atoms with Gasteiger partial charge >= 0.3 is 188 Å². The fraction of sp³-hybridized carbons (Fsp3) is 0.783. The molecule has 0 fully saturated rings. The molecule has 1 heterocycles. The van der Waals surface area contributed by atoms with Crippen LogP contribution in [-0.4, -0.2) is 32.8 Å². The Morgan fingerprint density at radius 3 is 2.00 bits per heavy atom. The first-order valence-corrected chi connectivity index (χ1v) is 14.7. The van der Waals surface area contributed by atoms with Gasteiger partial charge in [0.1, 0.15) is 0 Å². The van der Waals surface area contributed by atoms with Crippen molar-refractivity contribution < 1.29 is 9.53 Å². The van der Waals surface area contributed by atoms with E-state index in [1.807, 2.05) is 32.1 Å². The molecule has 0 aromatic carbocycles. The van der Waals surface area contributed by atoms with E-state index in [0.29, 0.717) is 9.98 Å². The van der Waals surface area contributed by atoms with Gasteiger partial charge in [0.25, 0.3) is 0 Å². The summed E-state index contributed by atoms with van der Waals surface area (Å²) in [5, 5.41) is 2.90. The third-order valence-corrected chi connectivity index (χ3v) is 12.2. The van der Waals surface area contributed by atoms with E-state index in [9.17, 15) is 4.79 Å². The maximum absolute atomic E-state index is 11.9. The van der Waals surface area contributed by atoms with Crippen molar-refractivity contribution in [3.05, 3.63) is 17.0 Å². The molecule has 28 heavy (non-hydrogen) atoms. The van der Waals surface area contributed by atoms with Gasteiger partial charge in [-0.3, -0.25) is 0 Å². The van der Waals surface area contributed by atoms with Gasteiger partial charge in [-0.2, -0.15) is 0 Å². The number of thiophene rings is 1. The summed E-state index contributed by atoms with van der Waals surface area (Å²) in [4.78, 5) is 13.2. The first kappa shape index (κ1) is 25.8. The summed E-state index contributed by atoms with van der Waals surface area (Å²) in [5.41, 5.74) is -0.448. The molecule has 0 aliphatic rings. The minimum absolute atomic E-state index is 0.328. The molecule has 1 amide bonds. The van der Waals surface area contributed by atoms with Crippen molar-refractivity contribution in [2.75, 3.05) is 0 Å². The van der Waals surface area contributed by atoms with Crippen LogP contribution >= 0.6 is 11.3 Å². The van der Waals surface area contributed by atoms with E-state index in [0.717, 1.165) is 0 Å². The van der Waals surface area contributed by atoms with Crippen LogP contribution in [0, 0.1) is 0 Å². The molecule has 3 nitrogen and oxygen atoms in total. The number of alkyl carbamates (subject to hydrolysis) is 1. The topological polar surface area (TPSA) is 38.3 Å². The Bertz CT molecular complexity index is 543. The molecule has 0 aliphatic heterocycles. The van der Waals surface area contributed by atoms with Gasteiger partial charge in [0.15, 0.2) is 0 Å². The van der Waals surface area contributed by atoms with Gasteiger partial charge in [0, 0.05) is 0 Å². The second-order valence-electron chi connectivity index (χ2n) is 8.84. The Morgan fingerprint density at radius 2 is 1.54 bits per heavy atom. The maximum atomic E-state index is 11.9. The summed E-state index contributed by atoms with van der Waals surface area (Å²) < 4.78 is 7.59. The molecule has 1 rings (SSSR count). The van der Waals surface area contributed by atoms with E-state index >= 15 is 0 Å². The summed E-state index contributed by atoms with van der Waals surface area (Å²) in [6.45, 7) is 13.2. The molecule has 0 atom stereocenters. The average Bonchev–Trinajstić information content (AvgIpc) is 3.07. The summed E-state index contributed by atoms with van der Waals surface area (Å²) >= 11 is 1.25. The number of nitrogens with one attached hydrogen (secondary N) is 1. The summed E-state index contributed by atoms with van der Waals surface area (Å²) in [5.74, 6) is 0. The van der Waals surface area contributed by atoms with Crippen LogP contribution in [0.1, 0.15) is 104 Å². The third kappa shape index (κ3) is 10.5. The molecule has 0 spiro atoms. The zero-order valence-electron chi connectivity index (χ0n) is 19.0. The fourth-order valence-corrected chi connectivity index (χ4v) is 11.7. The molecule has 160 valence electrons. The second-order valence-corrected chi connectivity index (χ2v) is 16.3. The predicted octanol–water partition coefficient (Wildman–Crippen LogP) is 6.83. The van der Waals surface area contributed by atoms with Crippen LogP contribution in [0.15, 0.2) is 12.1 Å². The molecule has 0 bridgehead atoms. The van der Waals surface area contributed by atoms with Gasteiger partial charge in [0.2, 0.25) is 0 Å². The monoisotopic (exact) mass is 515 g/mol. The Kier molecular flexibility index (Phi) is 12.1. The standard InChI is InChI=1S/C13H27.C10H14NO2S.Sn/c1-4-7-10-13(11-8-5-2)12-9-6-3;1-10(2,3)13-9(12)11-7-8-5-4-6-14-8;/h4-12H2,1-3H3;4-5H,7H2,1-3H3,(H,11,12);. The Hall–Kier alpha value is -0.231. The average molecular weight is 514 g/mol. The van der Waals surface area contributed by atoms with E-state index in [1.54, 1.807) is 2.89 Å². The van der Waals surface area contributed by atoms with E-state index in [4.69, 9.17) is 4.74 Å². The van der Waals surface area contributed by atoms with Gasteiger partial charge < -0.3 is 0 Å². The van der Waals surface area contributed by atoms with Gasteiger partial charge in [-0.1, -0.05) is 0 Å². The molecule has 0 unspecified atom stereocenters. The van der Waals surface area contributed by atoms with Crippen molar-refractivity contribution in [2.45, 2.75) is 115 Å². The first-order valence-electron chi connectivity index (χ1n) is 11.1. The molecule has 0 aliphatic carbocycles. The quantitative estimate of drug-likeness (QED) is 0.293. The number of hydrogen-bond acceptors (Lipinski definition) is 3. The van der Waals surface area contributed by atoms with Crippen molar-refractivity contribution in [3.63, 3.8) is 0 Å². The number of carbonyl (C=O) groups is 1. The van der Waals surface area contributed by atoms with Crippen molar-refractivity contribution >= 4 is 41.5 Å². The fourth-order valence-electron chi connectivity index (χ4n) is 3.38. The number of rotatable bonds is 13. The number of amides is 1. The molecule has 1 N–H and O–H groups in total. The van der Waals surface area contributed by atoms with Crippen LogP contribution in [0.3, 0.4) is 0 Å². The van der Waals surface area contributed by atoms with Crippen LogP contribution in [0.5, 0.6) is 0 Å². The van der Waals surface area contributed by atoms with Gasteiger partial charge in [-0.15, -0.1) is 0 Å². The molecule has 1 aromatic rings. The molecular weight excluding hydrogens is 473 g/mol. The van der Waals surface area contributed by atoms with Crippen LogP contribution in [0.4, 0.5) is 4.79 Å². The summed E-state index contributed by atoms with van der Waals surface area (Å²) in [6, 6.07) is 4.56. The normalized spacial score (nSPS) is 12.2. The van der Waals surface area contributed by atoms with Gasteiger partial charge in [0.05, 0.1) is 0 Å². The molecule has 5 heteroatoms. The zero-order valence-corrected chi connectivity index (χ0v) is 22.6. The van der Waals surface area contributed by atoms with E-state index < -0.39 is 26.7 Å². The van der Waals surface area contributed by atoms with Crippen molar-refractivity contribution in [2.24, 2.45) is 0 Å². The molecule has 2 radical (unpaired) electrons. The van der Waals surface area contributed by atoms with E-state index in [-0.39, 0.29) is 6.09 Å². The summed E-state index contributed by atoms with van der Waals surface area (Å²) in [7, 11) is 0. The first-order chi connectivity index (χ1) is 13.2. The van der Waals surface area contributed by atoms with Crippen LogP contribution in [0.25, 0.3) is 0 Å². The zero-order chi connectivity index (χ0) is 21.0. The Morgan fingerprint density at radius 1 is 1.00 bits per heavy atom. The minimum atomic E-state index is -0.674. The molecule has 1 aromatic heterocycles. The number of ether oxygens (including phenoxy) is 1. The van der Waals surface area contributed by atoms with Crippen molar-refractivity contribution in [3.8, 4) is 0 Å². The van der Waals surface area contributed by atoms with Crippen LogP contribution in [0.2, 0.25) is 3.43 Å². The second kappa shape index (κ2) is 13.1. The third-order valence-electron chi connectivity index (χ3n) is 4.88. The predicted molar refractivity (Wildman–Crippen MR) is 124 cm³/mol. The Balaban J connectivity index is 2.76. The molecule has 0 saturated heterocycles. The summed E-state index contributed by atoms with van der Waals surface area (Å²) in [6.07, 6.45) is 11.9. The van der Waals surface area contributed by atoms with Crippen molar-refractivity contribution in [1.82, 2.24) is 5.32 Å². The van der Waals surface area contributed by atoms with Crippen molar-refractivity contribution in [1.29, 1.82) is 0 Å². The number of hydrogen-bond donors (Lipinski definition) is 1. The molecular formula is C23H41NO2SSn. The van der Waals surface area contributed by atoms with Gasteiger partial charge in [-0.05, 0) is 0 Å². The van der Waals surface area contributed by atoms with Crippen LogP contribution < -0.4 is 8.21 Å². The van der Waals surface area contributed by atoms with Crippen LogP contribution in [-0.2, 0) is 11.3 Å². The van der Waals surface area contributed by atoms with E-state index in [2.05, 4.69) is 38.2 Å². The Labute approximate surface area is 187 Å². The SMILES string of the molecule is CCCC[C](CCCC)(CCCC)[Sn][c]1ccc(CNC(=O)OC(C)(C)C)s1. The van der Waals surface area contributed by atoms with E-state index in [1.165, 1.54) is 62.7 Å². The number of carbonyl (C=O) groups excluding carboxylic acids is 1.